The van der Waals surface area contributed by atoms with Gasteiger partial charge in [0.2, 0.25) is 5.91 Å². The number of hydrogen-bond acceptors (Lipinski definition) is 4. The molecule has 0 bridgehead atoms. The van der Waals surface area contributed by atoms with Crippen molar-refractivity contribution in [3.05, 3.63) is 0 Å². The molecule has 1 aliphatic carbocycles. The Kier molecular flexibility index (Phi) is 4.78. The minimum absolute atomic E-state index is 0.0480. The van der Waals surface area contributed by atoms with Gasteiger partial charge in [0.25, 0.3) is 5.91 Å². The van der Waals surface area contributed by atoms with Gasteiger partial charge in [-0.2, -0.15) is 0 Å². The highest BCUT2D eigenvalue weighted by Gasteiger charge is 2.52. The molecule has 8 heteroatoms. The van der Waals surface area contributed by atoms with E-state index in [0.29, 0.717) is 32.5 Å². The van der Waals surface area contributed by atoms with E-state index in [9.17, 15) is 19.5 Å². The van der Waals surface area contributed by atoms with Crippen LogP contribution < -0.4 is 10.2 Å². The van der Waals surface area contributed by atoms with Gasteiger partial charge in [-0.1, -0.05) is 12.8 Å². The molecule has 24 heavy (non-hydrogen) atoms. The van der Waals surface area contributed by atoms with Gasteiger partial charge < -0.3 is 20.2 Å². The van der Waals surface area contributed by atoms with Crippen LogP contribution in [0.4, 0.5) is 4.79 Å². The number of β-amino-alcohol motifs (C(OH)–C–C–N with tert-alkyl or cyclic N) is 1. The maximum absolute atomic E-state index is 12.6. The lowest BCUT2D eigenvalue weighted by Gasteiger charge is -2.33. The number of amides is 4. The highest BCUT2D eigenvalue weighted by atomic mass is 16.3. The predicted molar refractivity (Wildman–Crippen MR) is 85.3 cm³/mol. The molecule has 3 aliphatic rings. The van der Waals surface area contributed by atoms with Crippen LogP contribution in [0.15, 0.2) is 0 Å². The highest BCUT2D eigenvalue weighted by molar-refractivity contribution is 6.07. The molecule has 4 amide bonds. The SMILES string of the molecule is CC(=O)N1CC[NH+](C[C@@H](O)CN2C(=O)NC3(CCCC3)C2=O)CC1. The summed E-state index contributed by atoms with van der Waals surface area (Å²) in [6.45, 7) is 5.02. The topological polar surface area (TPSA) is 94.4 Å². The predicted octanol–water partition coefficient (Wildman–Crippen LogP) is -2.04. The van der Waals surface area contributed by atoms with E-state index >= 15 is 0 Å². The molecule has 3 rings (SSSR count). The van der Waals surface area contributed by atoms with Gasteiger partial charge in [-0.25, -0.2) is 4.79 Å². The summed E-state index contributed by atoms with van der Waals surface area (Å²) < 4.78 is 0. The maximum atomic E-state index is 12.6. The second-order valence-corrected chi connectivity index (χ2v) is 7.25. The first kappa shape index (κ1) is 17.2. The van der Waals surface area contributed by atoms with Gasteiger partial charge in [-0.15, -0.1) is 0 Å². The zero-order chi connectivity index (χ0) is 17.3. The van der Waals surface area contributed by atoms with Crippen LogP contribution in [0.3, 0.4) is 0 Å². The minimum Gasteiger partial charge on any atom is -0.385 e. The average molecular weight is 339 g/mol. The van der Waals surface area contributed by atoms with Crippen LogP contribution in [0.5, 0.6) is 0 Å². The van der Waals surface area contributed by atoms with E-state index in [-0.39, 0.29) is 24.4 Å². The number of rotatable bonds is 4. The first-order valence-electron chi connectivity index (χ1n) is 8.82. The summed E-state index contributed by atoms with van der Waals surface area (Å²) in [5, 5.41) is 13.2. The van der Waals surface area contributed by atoms with Crippen molar-refractivity contribution in [2.45, 2.75) is 44.2 Å². The summed E-state index contributed by atoms with van der Waals surface area (Å²) in [4.78, 5) is 40.2. The number of carbonyl (C=O) groups is 3. The van der Waals surface area contributed by atoms with Gasteiger partial charge in [0.1, 0.15) is 18.2 Å². The van der Waals surface area contributed by atoms with Gasteiger partial charge in [0, 0.05) is 6.92 Å². The largest absolute Gasteiger partial charge is 0.385 e. The normalized spacial score (nSPS) is 25.4. The van der Waals surface area contributed by atoms with Gasteiger partial charge in [0.05, 0.1) is 32.7 Å². The summed E-state index contributed by atoms with van der Waals surface area (Å²) >= 11 is 0. The zero-order valence-electron chi connectivity index (χ0n) is 14.2. The van der Waals surface area contributed by atoms with Gasteiger partial charge in [-0.3, -0.25) is 14.5 Å². The Bertz CT molecular complexity index is 524. The maximum Gasteiger partial charge on any atom is 0.325 e. The molecule has 2 saturated heterocycles. The number of nitrogens with one attached hydrogen (secondary N) is 2. The van der Waals surface area contributed by atoms with E-state index in [4.69, 9.17) is 0 Å². The molecule has 1 saturated carbocycles. The van der Waals surface area contributed by atoms with Crippen LogP contribution in [0.25, 0.3) is 0 Å². The number of urea groups is 1. The Morgan fingerprint density at radius 3 is 2.50 bits per heavy atom. The highest BCUT2D eigenvalue weighted by Crippen LogP contribution is 2.34. The molecule has 8 nitrogen and oxygen atoms in total. The van der Waals surface area contributed by atoms with Gasteiger partial charge in [0.15, 0.2) is 0 Å². The van der Waals surface area contributed by atoms with Crippen molar-refractivity contribution in [2.75, 3.05) is 39.3 Å². The van der Waals surface area contributed by atoms with Crippen LogP contribution >= 0.6 is 0 Å². The molecule has 0 aromatic rings. The fourth-order valence-corrected chi connectivity index (χ4v) is 4.11. The van der Waals surface area contributed by atoms with Crippen molar-refractivity contribution in [3.8, 4) is 0 Å². The lowest BCUT2D eigenvalue weighted by atomic mass is 9.98. The number of carbonyl (C=O) groups excluding carboxylic acids is 3. The number of aliphatic hydroxyl groups excluding tert-OH is 1. The third-order valence-corrected chi connectivity index (χ3v) is 5.54. The van der Waals surface area contributed by atoms with Crippen LogP contribution in [-0.4, -0.2) is 83.7 Å². The lowest BCUT2D eigenvalue weighted by molar-refractivity contribution is -0.907. The standard InChI is InChI=1S/C16H26N4O4/c1-12(21)19-8-6-18(7-9-19)10-13(22)11-20-14(23)16(17-15(20)24)4-2-3-5-16/h13,22H,2-11H2,1H3,(H,17,24)/p+1/t13-/m1/s1. The molecule has 2 heterocycles. The van der Waals surface area contributed by atoms with Crippen molar-refractivity contribution in [3.63, 3.8) is 0 Å². The fourth-order valence-electron chi connectivity index (χ4n) is 4.11. The zero-order valence-corrected chi connectivity index (χ0v) is 14.2. The minimum atomic E-state index is -0.741. The molecular weight excluding hydrogens is 312 g/mol. The molecule has 0 unspecified atom stereocenters. The second kappa shape index (κ2) is 6.68. The molecule has 0 aromatic heterocycles. The molecule has 1 atom stereocenters. The quantitative estimate of drug-likeness (QED) is 0.515. The Morgan fingerprint density at radius 1 is 1.29 bits per heavy atom. The van der Waals surface area contributed by atoms with E-state index < -0.39 is 11.6 Å². The van der Waals surface area contributed by atoms with Crippen LogP contribution in [0.1, 0.15) is 32.6 Å². The third kappa shape index (κ3) is 3.25. The summed E-state index contributed by atoms with van der Waals surface area (Å²) in [7, 11) is 0. The Morgan fingerprint density at radius 2 is 1.92 bits per heavy atom. The molecule has 2 aliphatic heterocycles. The van der Waals surface area contributed by atoms with E-state index in [0.717, 1.165) is 25.9 Å². The van der Waals surface area contributed by atoms with E-state index in [2.05, 4.69) is 5.32 Å². The van der Waals surface area contributed by atoms with Crippen LogP contribution in [0, 0.1) is 0 Å². The summed E-state index contributed by atoms with van der Waals surface area (Å²) in [6.07, 6.45) is 2.56. The molecule has 3 fully saturated rings. The Labute approximate surface area is 141 Å². The fraction of sp³-hybridized carbons (Fsp3) is 0.812. The van der Waals surface area contributed by atoms with Crippen LogP contribution in [0.2, 0.25) is 0 Å². The smallest absolute Gasteiger partial charge is 0.325 e. The van der Waals surface area contributed by atoms with Crippen LogP contribution in [-0.2, 0) is 9.59 Å². The summed E-state index contributed by atoms with van der Waals surface area (Å²) in [5.41, 5.74) is -0.712. The second-order valence-electron chi connectivity index (χ2n) is 7.25. The van der Waals surface area contributed by atoms with E-state index in [1.54, 1.807) is 11.8 Å². The first-order chi connectivity index (χ1) is 11.4. The van der Waals surface area contributed by atoms with Gasteiger partial charge in [-0.05, 0) is 12.8 Å². The summed E-state index contributed by atoms with van der Waals surface area (Å²) in [5.74, 6) is -0.101. The molecule has 1 spiro atoms. The van der Waals surface area contributed by atoms with Crippen molar-refractivity contribution in [1.29, 1.82) is 0 Å². The lowest BCUT2D eigenvalue weighted by Crippen LogP contribution is -3.16. The molecule has 0 radical (unpaired) electrons. The molecular formula is C16H27N4O4+. The third-order valence-electron chi connectivity index (χ3n) is 5.54. The number of hydrogen-bond donors (Lipinski definition) is 3. The Balaban J connectivity index is 1.50. The monoisotopic (exact) mass is 339 g/mol. The Hall–Kier alpha value is -1.67. The van der Waals surface area contributed by atoms with Crippen molar-refractivity contribution in [2.24, 2.45) is 0 Å². The number of quaternary nitrogens is 1. The van der Waals surface area contributed by atoms with Crippen molar-refractivity contribution in [1.82, 2.24) is 15.1 Å². The number of piperazine rings is 1. The molecule has 3 N–H and O–H groups in total. The van der Waals surface area contributed by atoms with Crippen molar-refractivity contribution >= 4 is 17.8 Å². The first-order valence-corrected chi connectivity index (χ1v) is 8.82. The van der Waals surface area contributed by atoms with E-state index in [1.165, 1.54) is 9.80 Å². The molecule has 0 aromatic carbocycles. The number of nitrogens with zero attached hydrogens (tertiary/aromatic N) is 2. The molecule has 134 valence electrons. The number of aliphatic hydroxyl groups is 1. The van der Waals surface area contributed by atoms with Crippen molar-refractivity contribution < 1.29 is 24.4 Å². The summed E-state index contributed by atoms with van der Waals surface area (Å²) in [6, 6.07) is -0.377. The van der Waals surface area contributed by atoms with E-state index in [1.807, 2.05) is 0 Å². The van der Waals surface area contributed by atoms with Gasteiger partial charge >= 0.3 is 6.03 Å². The average Bonchev–Trinajstić information content (AvgIpc) is 3.09. The number of imide groups is 1.